The molecule has 0 bridgehead atoms. The molecule has 21 heavy (non-hydrogen) atoms. The molecule has 0 heterocycles. The monoisotopic (exact) mass is 305 g/mol. The first-order chi connectivity index (χ1) is 9.94. The number of anilines is 1. The number of benzene rings is 2. The number of amides is 1. The molecule has 0 unspecified atom stereocenters. The van der Waals surface area contributed by atoms with Crippen LogP contribution in [0.4, 0.5) is 5.69 Å². The standard InChI is InChI=1S/C15H15NO4S/c1-2-21(19,20)12-8-9-13(14(17)10-12)16-15(18)11-6-4-3-5-7-11/h3-10,17H,2H2,1H3,(H,16,18). The average molecular weight is 305 g/mol. The van der Waals surface area contributed by atoms with Crippen molar-refractivity contribution in [3.8, 4) is 5.75 Å². The van der Waals surface area contributed by atoms with E-state index in [1.807, 2.05) is 0 Å². The number of phenolic OH excluding ortho intramolecular Hbond substituents is 1. The quantitative estimate of drug-likeness (QED) is 0.850. The smallest absolute Gasteiger partial charge is 0.255 e. The Morgan fingerprint density at radius 1 is 1.14 bits per heavy atom. The van der Waals surface area contributed by atoms with Crippen LogP contribution >= 0.6 is 0 Å². The van der Waals surface area contributed by atoms with Crippen LogP contribution in [-0.2, 0) is 9.84 Å². The summed E-state index contributed by atoms with van der Waals surface area (Å²) in [6, 6.07) is 12.4. The summed E-state index contributed by atoms with van der Waals surface area (Å²) in [5.74, 6) is -0.715. The maximum absolute atomic E-state index is 12.0. The van der Waals surface area contributed by atoms with E-state index in [9.17, 15) is 18.3 Å². The summed E-state index contributed by atoms with van der Waals surface area (Å²) in [5.41, 5.74) is 0.612. The largest absolute Gasteiger partial charge is 0.506 e. The van der Waals surface area contributed by atoms with Gasteiger partial charge in [-0.3, -0.25) is 4.79 Å². The highest BCUT2D eigenvalue weighted by molar-refractivity contribution is 7.91. The van der Waals surface area contributed by atoms with E-state index < -0.39 is 9.84 Å². The molecule has 0 aliphatic heterocycles. The SMILES string of the molecule is CCS(=O)(=O)c1ccc(NC(=O)c2ccccc2)c(O)c1. The van der Waals surface area contributed by atoms with Gasteiger partial charge in [-0.1, -0.05) is 25.1 Å². The van der Waals surface area contributed by atoms with E-state index in [0.29, 0.717) is 5.56 Å². The maximum atomic E-state index is 12.0. The molecule has 0 saturated heterocycles. The number of sulfone groups is 1. The van der Waals surface area contributed by atoms with Gasteiger partial charge in [-0.2, -0.15) is 0 Å². The molecule has 0 aliphatic rings. The Balaban J connectivity index is 2.25. The number of hydrogen-bond donors (Lipinski definition) is 2. The van der Waals surface area contributed by atoms with Crippen LogP contribution in [0.15, 0.2) is 53.4 Å². The van der Waals surface area contributed by atoms with Crippen LogP contribution in [0.1, 0.15) is 17.3 Å². The third-order valence-corrected chi connectivity index (χ3v) is 4.72. The molecule has 0 aliphatic carbocycles. The fraction of sp³-hybridized carbons (Fsp3) is 0.133. The normalized spacial score (nSPS) is 11.1. The molecular formula is C15H15NO4S. The molecule has 2 rings (SSSR count). The lowest BCUT2D eigenvalue weighted by Crippen LogP contribution is -2.12. The summed E-state index contributed by atoms with van der Waals surface area (Å²) in [6.07, 6.45) is 0. The van der Waals surface area contributed by atoms with Gasteiger partial charge in [0.1, 0.15) is 5.75 Å². The fourth-order valence-electron chi connectivity index (χ4n) is 1.76. The molecular weight excluding hydrogens is 290 g/mol. The number of carbonyl (C=O) groups excluding carboxylic acids is 1. The van der Waals surface area contributed by atoms with E-state index >= 15 is 0 Å². The highest BCUT2D eigenvalue weighted by Crippen LogP contribution is 2.27. The number of rotatable bonds is 4. The van der Waals surface area contributed by atoms with Crippen LogP contribution in [0.2, 0.25) is 0 Å². The number of aromatic hydroxyl groups is 1. The average Bonchev–Trinajstić information content (AvgIpc) is 2.50. The molecule has 6 heteroatoms. The van der Waals surface area contributed by atoms with Gasteiger partial charge >= 0.3 is 0 Å². The Morgan fingerprint density at radius 2 is 1.81 bits per heavy atom. The van der Waals surface area contributed by atoms with E-state index in [1.165, 1.54) is 19.1 Å². The van der Waals surface area contributed by atoms with Gasteiger partial charge in [0.25, 0.3) is 5.91 Å². The number of nitrogens with one attached hydrogen (secondary N) is 1. The second-order valence-electron chi connectivity index (χ2n) is 4.40. The molecule has 0 saturated carbocycles. The van der Waals surface area contributed by atoms with Crippen molar-refractivity contribution in [2.45, 2.75) is 11.8 Å². The van der Waals surface area contributed by atoms with E-state index in [-0.39, 0.29) is 28.0 Å². The lowest BCUT2D eigenvalue weighted by molar-refractivity contribution is 0.102. The third kappa shape index (κ3) is 3.41. The van der Waals surface area contributed by atoms with Crippen LogP contribution < -0.4 is 5.32 Å². The molecule has 110 valence electrons. The third-order valence-electron chi connectivity index (χ3n) is 2.99. The summed E-state index contributed by atoms with van der Waals surface area (Å²) < 4.78 is 23.4. The molecule has 2 N–H and O–H groups in total. The number of phenols is 1. The van der Waals surface area contributed by atoms with Gasteiger partial charge in [-0.15, -0.1) is 0 Å². The molecule has 2 aromatic rings. The highest BCUT2D eigenvalue weighted by Gasteiger charge is 2.15. The summed E-state index contributed by atoms with van der Waals surface area (Å²) in [5, 5.41) is 12.4. The maximum Gasteiger partial charge on any atom is 0.255 e. The zero-order valence-corrected chi connectivity index (χ0v) is 12.2. The Morgan fingerprint density at radius 3 is 2.38 bits per heavy atom. The number of carbonyl (C=O) groups is 1. The Hall–Kier alpha value is -2.34. The first kappa shape index (κ1) is 15.1. The van der Waals surface area contributed by atoms with Crippen molar-refractivity contribution in [3.63, 3.8) is 0 Å². The molecule has 0 spiro atoms. The molecule has 0 aromatic heterocycles. The van der Waals surface area contributed by atoms with Gasteiger partial charge < -0.3 is 10.4 Å². The van der Waals surface area contributed by atoms with Crippen LogP contribution in [0.5, 0.6) is 5.75 Å². The van der Waals surface area contributed by atoms with Crippen molar-refractivity contribution in [1.29, 1.82) is 0 Å². The molecule has 5 nitrogen and oxygen atoms in total. The van der Waals surface area contributed by atoms with E-state index in [2.05, 4.69) is 5.32 Å². The first-order valence-corrected chi connectivity index (χ1v) is 8.01. The van der Waals surface area contributed by atoms with Crippen molar-refractivity contribution >= 4 is 21.4 Å². The van der Waals surface area contributed by atoms with Crippen molar-refractivity contribution < 1.29 is 18.3 Å². The predicted molar refractivity (Wildman–Crippen MR) is 80.2 cm³/mol. The van der Waals surface area contributed by atoms with Crippen LogP contribution in [0, 0.1) is 0 Å². The zero-order valence-electron chi connectivity index (χ0n) is 11.4. The van der Waals surface area contributed by atoms with Crippen molar-refractivity contribution in [2.75, 3.05) is 11.1 Å². The summed E-state index contributed by atoms with van der Waals surface area (Å²) >= 11 is 0. The van der Waals surface area contributed by atoms with Crippen LogP contribution in [0.25, 0.3) is 0 Å². The van der Waals surface area contributed by atoms with Crippen molar-refractivity contribution in [1.82, 2.24) is 0 Å². The summed E-state index contributed by atoms with van der Waals surface area (Å²) in [4.78, 5) is 12.0. The topological polar surface area (TPSA) is 83.5 Å². The van der Waals surface area contributed by atoms with Crippen LogP contribution in [0.3, 0.4) is 0 Å². The van der Waals surface area contributed by atoms with Gasteiger partial charge in [-0.05, 0) is 24.3 Å². The number of hydrogen-bond acceptors (Lipinski definition) is 4. The summed E-state index contributed by atoms with van der Waals surface area (Å²) in [7, 11) is -3.39. The van der Waals surface area contributed by atoms with Gasteiger partial charge in [0.05, 0.1) is 16.3 Å². The molecule has 2 aromatic carbocycles. The lowest BCUT2D eigenvalue weighted by Gasteiger charge is -2.09. The molecule has 0 fully saturated rings. The first-order valence-electron chi connectivity index (χ1n) is 6.36. The predicted octanol–water partition coefficient (Wildman–Crippen LogP) is 2.44. The van der Waals surface area contributed by atoms with E-state index in [0.717, 1.165) is 6.07 Å². The van der Waals surface area contributed by atoms with Crippen LogP contribution in [-0.4, -0.2) is 25.2 Å². The molecule has 0 radical (unpaired) electrons. The molecule has 1 amide bonds. The Labute approximate surface area is 123 Å². The summed E-state index contributed by atoms with van der Waals surface area (Å²) in [6.45, 7) is 1.53. The second kappa shape index (κ2) is 5.97. The van der Waals surface area contributed by atoms with E-state index in [1.54, 1.807) is 30.3 Å². The second-order valence-corrected chi connectivity index (χ2v) is 6.68. The van der Waals surface area contributed by atoms with Gasteiger partial charge in [0.2, 0.25) is 0 Å². The van der Waals surface area contributed by atoms with Crippen molar-refractivity contribution in [3.05, 3.63) is 54.1 Å². The lowest BCUT2D eigenvalue weighted by atomic mass is 10.2. The fourth-order valence-corrected chi connectivity index (χ4v) is 2.66. The van der Waals surface area contributed by atoms with Gasteiger partial charge in [-0.25, -0.2) is 8.42 Å². The Bertz CT molecular complexity index is 754. The van der Waals surface area contributed by atoms with Gasteiger partial charge in [0, 0.05) is 11.6 Å². The van der Waals surface area contributed by atoms with Crippen molar-refractivity contribution in [2.24, 2.45) is 0 Å². The minimum absolute atomic E-state index is 0.0280. The highest BCUT2D eigenvalue weighted by atomic mass is 32.2. The Kier molecular flexibility index (Phi) is 4.28. The minimum atomic E-state index is -3.39. The molecule has 0 atom stereocenters. The van der Waals surface area contributed by atoms with E-state index in [4.69, 9.17) is 0 Å². The minimum Gasteiger partial charge on any atom is -0.506 e. The van der Waals surface area contributed by atoms with Gasteiger partial charge in [0.15, 0.2) is 9.84 Å². The zero-order chi connectivity index (χ0) is 15.5.